The van der Waals surface area contributed by atoms with Crippen molar-refractivity contribution >= 4 is 0 Å². The number of rotatable bonds is 1. The minimum Gasteiger partial charge on any atom is -0.330 e. The standard InChI is InChI=1S/C12H17N/c13-3-8-11-6-1-4-5-2-7(9(4)11)12(8)10(5)6/h4-12H,1-3,13H2/t4-,5+,6-,7+,8?,9-,10-,11+,12-/m1/s1. The average molecular weight is 175 g/mol. The van der Waals surface area contributed by atoms with E-state index in [2.05, 4.69) is 0 Å². The second-order valence-corrected chi connectivity index (χ2v) is 6.34. The summed E-state index contributed by atoms with van der Waals surface area (Å²) in [5, 5.41) is 0. The van der Waals surface area contributed by atoms with Gasteiger partial charge in [-0.2, -0.15) is 0 Å². The van der Waals surface area contributed by atoms with Crippen LogP contribution in [0.4, 0.5) is 0 Å². The van der Waals surface area contributed by atoms with Gasteiger partial charge in [0.2, 0.25) is 0 Å². The second-order valence-electron chi connectivity index (χ2n) is 6.34. The zero-order valence-corrected chi connectivity index (χ0v) is 7.89. The van der Waals surface area contributed by atoms with Crippen molar-refractivity contribution in [1.82, 2.24) is 0 Å². The van der Waals surface area contributed by atoms with E-state index in [0.717, 1.165) is 36.1 Å². The monoisotopic (exact) mass is 175 g/mol. The highest BCUT2D eigenvalue weighted by Gasteiger charge is 2.79. The number of hydrogen-bond donors (Lipinski definition) is 1. The van der Waals surface area contributed by atoms with Gasteiger partial charge in [0.1, 0.15) is 0 Å². The van der Waals surface area contributed by atoms with Crippen LogP contribution in [0.3, 0.4) is 0 Å². The molecule has 0 aromatic heterocycles. The first-order chi connectivity index (χ1) is 6.42. The van der Waals surface area contributed by atoms with Crippen molar-refractivity contribution in [3.63, 3.8) is 0 Å². The summed E-state index contributed by atoms with van der Waals surface area (Å²) in [7, 11) is 0. The molecular weight excluding hydrogens is 158 g/mol. The van der Waals surface area contributed by atoms with Crippen LogP contribution in [-0.2, 0) is 0 Å². The molecule has 2 N–H and O–H groups in total. The summed E-state index contributed by atoms with van der Waals surface area (Å²) >= 11 is 0. The minimum atomic E-state index is 0.975. The maximum absolute atomic E-state index is 5.97. The fourth-order valence-electron chi connectivity index (χ4n) is 7.13. The number of hydrogen-bond acceptors (Lipinski definition) is 1. The third-order valence-electron chi connectivity index (χ3n) is 6.75. The molecule has 6 aliphatic carbocycles. The van der Waals surface area contributed by atoms with E-state index in [1.807, 2.05) is 0 Å². The van der Waals surface area contributed by atoms with E-state index >= 15 is 0 Å². The molecule has 6 rings (SSSR count). The molecule has 0 amide bonds. The van der Waals surface area contributed by atoms with Crippen LogP contribution in [0, 0.1) is 53.3 Å². The van der Waals surface area contributed by atoms with E-state index in [9.17, 15) is 0 Å². The summed E-state index contributed by atoms with van der Waals surface area (Å²) in [6.07, 6.45) is 3.24. The molecule has 0 spiro atoms. The predicted molar refractivity (Wildman–Crippen MR) is 49.7 cm³/mol. The summed E-state index contributed by atoms with van der Waals surface area (Å²) in [6, 6.07) is 0. The summed E-state index contributed by atoms with van der Waals surface area (Å²) in [4.78, 5) is 0. The largest absolute Gasteiger partial charge is 0.330 e. The van der Waals surface area contributed by atoms with Gasteiger partial charge in [-0.3, -0.25) is 0 Å². The highest BCUT2D eigenvalue weighted by molar-refractivity contribution is 5.27. The van der Waals surface area contributed by atoms with Crippen LogP contribution < -0.4 is 5.73 Å². The fourth-order valence-corrected chi connectivity index (χ4v) is 7.13. The molecule has 6 aliphatic rings. The Labute approximate surface area is 79.1 Å². The Kier molecular flexibility index (Phi) is 0.793. The van der Waals surface area contributed by atoms with Gasteiger partial charge in [-0.15, -0.1) is 0 Å². The van der Waals surface area contributed by atoms with E-state index < -0.39 is 0 Å². The van der Waals surface area contributed by atoms with Gasteiger partial charge in [-0.25, -0.2) is 0 Å². The van der Waals surface area contributed by atoms with Crippen LogP contribution in [0.15, 0.2) is 0 Å². The van der Waals surface area contributed by atoms with Crippen molar-refractivity contribution in [2.45, 2.75) is 12.8 Å². The highest BCUT2D eigenvalue weighted by Crippen LogP contribution is 2.84. The van der Waals surface area contributed by atoms with Gasteiger partial charge in [0.05, 0.1) is 0 Å². The van der Waals surface area contributed by atoms with Crippen LogP contribution in [0.2, 0.25) is 0 Å². The molecule has 1 heteroatoms. The maximum Gasteiger partial charge on any atom is -0.00431 e. The van der Waals surface area contributed by atoms with E-state index in [1.165, 1.54) is 23.7 Å². The summed E-state index contributed by atoms with van der Waals surface area (Å²) in [5.74, 6) is 10.3. The molecule has 1 unspecified atom stereocenters. The molecule has 0 aromatic rings. The van der Waals surface area contributed by atoms with Crippen molar-refractivity contribution in [3.8, 4) is 0 Å². The summed E-state index contributed by atoms with van der Waals surface area (Å²) in [5.41, 5.74) is 5.97. The predicted octanol–water partition coefficient (Wildman–Crippen LogP) is 1.34. The third-order valence-corrected chi connectivity index (χ3v) is 6.75. The Morgan fingerprint density at radius 2 is 1.31 bits per heavy atom. The quantitative estimate of drug-likeness (QED) is 0.639. The van der Waals surface area contributed by atoms with Crippen molar-refractivity contribution in [2.75, 3.05) is 6.54 Å². The molecule has 0 saturated heterocycles. The van der Waals surface area contributed by atoms with E-state index in [-0.39, 0.29) is 0 Å². The molecule has 6 bridgehead atoms. The van der Waals surface area contributed by atoms with Gasteiger partial charge < -0.3 is 5.73 Å². The minimum absolute atomic E-state index is 0.975. The third kappa shape index (κ3) is 0.407. The van der Waals surface area contributed by atoms with E-state index in [1.54, 1.807) is 12.8 Å². The zero-order chi connectivity index (χ0) is 8.32. The van der Waals surface area contributed by atoms with Crippen LogP contribution in [0.5, 0.6) is 0 Å². The molecule has 0 radical (unpaired) electrons. The Balaban J connectivity index is 1.79. The van der Waals surface area contributed by atoms with Crippen molar-refractivity contribution in [2.24, 2.45) is 59.0 Å². The van der Waals surface area contributed by atoms with Gasteiger partial charge in [0, 0.05) is 0 Å². The molecule has 0 aromatic carbocycles. The molecule has 9 atom stereocenters. The Morgan fingerprint density at radius 1 is 0.769 bits per heavy atom. The molecule has 1 nitrogen and oxygen atoms in total. The van der Waals surface area contributed by atoms with Crippen LogP contribution in [0.1, 0.15) is 12.8 Å². The lowest BCUT2D eigenvalue weighted by Crippen LogP contribution is -2.30. The van der Waals surface area contributed by atoms with Crippen molar-refractivity contribution < 1.29 is 0 Å². The normalized spacial score (nSPS) is 79.6. The Hall–Kier alpha value is -0.0400. The lowest BCUT2D eigenvalue weighted by molar-refractivity contribution is 0.132. The summed E-state index contributed by atoms with van der Waals surface area (Å²) in [6.45, 7) is 1.01. The molecule has 6 saturated carbocycles. The van der Waals surface area contributed by atoms with Crippen LogP contribution in [0.25, 0.3) is 0 Å². The molecular formula is C12H17N. The Morgan fingerprint density at radius 3 is 1.77 bits per heavy atom. The second kappa shape index (κ2) is 1.60. The van der Waals surface area contributed by atoms with Gasteiger partial charge in [0.15, 0.2) is 0 Å². The van der Waals surface area contributed by atoms with E-state index in [4.69, 9.17) is 5.73 Å². The smallest absolute Gasteiger partial charge is 0.00431 e. The van der Waals surface area contributed by atoms with Gasteiger partial charge >= 0.3 is 0 Å². The maximum atomic E-state index is 5.97. The first kappa shape index (κ1) is 6.44. The van der Waals surface area contributed by atoms with Crippen molar-refractivity contribution in [3.05, 3.63) is 0 Å². The molecule has 0 aliphatic heterocycles. The molecule has 13 heavy (non-hydrogen) atoms. The fraction of sp³-hybridized carbons (Fsp3) is 1.00. The van der Waals surface area contributed by atoms with E-state index in [0.29, 0.717) is 0 Å². The number of nitrogens with two attached hydrogens (primary N) is 1. The first-order valence-corrected chi connectivity index (χ1v) is 6.12. The van der Waals surface area contributed by atoms with Crippen molar-refractivity contribution in [1.29, 1.82) is 0 Å². The topological polar surface area (TPSA) is 26.0 Å². The highest BCUT2D eigenvalue weighted by atomic mass is 14.9. The SMILES string of the molecule is NCC1[C@@H]2[C@@H]3C[C@@H]4[C@@H]5C[C@H]([C@H]1[C@H]53)[C@@H]42. The average Bonchev–Trinajstić information content (AvgIpc) is 2.78. The molecule has 0 heterocycles. The molecule has 70 valence electrons. The van der Waals surface area contributed by atoms with Gasteiger partial charge in [-0.1, -0.05) is 0 Å². The Bertz CT molecular complexity index is 271. The lowest BCUT2D eigenvalue weighted by Gasteiger charge is -2.33. The molecule has 6 fully saturated rings. The van der Waals surface area contributed by atoms with Gasteiger partial charge in [-0.05, 0) is 72.6 Å². The van der Waals surface area contributed by atoms with Crippen LogP contribution in [-0.4, -0.2) is 6.54 Å². The summed E-state index contributed by atoms with van der Waals surface area (Å²) < 4.78 is 0. The van der Waals surface area contributed by atoms with Crippen LogP contribution >= 0.6 is 0 Å². The first-order valence-electron chi connectivity index (χ1n) is 6.12. The zero-order valence-electron chi connectivity index (χ0n) is 7.89. The lowest BCUT2D eigenvalue weighted by atomic mass is 9.71. The van der Waals surface area contributed by atoms with Gasteiger partial charge in [0.25, 0.3) is 0 Å².